The van der Waals surface area contributed by atoms with Crippen molar-refractivity contribution < 1.29 is 33.5 Å². The van der Waals surface area contributed by atoms with Gasteiger partial charge in [-0.25, -0.2) is 0 Å². The Kier molecular flexibility index (Phi) is 6.85. The van der Waals surface area contributed by atoms with Crippen LogP contribution in [0.2, 0.25) is 0 Å². The third-order valence-corrected chi connectivity index (χ3v) is 3.98. The average Bonchev–Trinajstić information content (AvgIpc) is 2.21. The minimum absolute atomic E-state index is 0.274. The van der Waals surface area contributed by atoms with Crippen molar-refractivity contribution in [3.8, 4) is 0 Å². The summed E-state index contributed by atoms with van der Waals surface area (Å²) < 4.78 is 21.8. The third kappa shape index (κ3) is 7.79. The maximum Gasteiger partial charge on any atom is 0.344 e. The van der Waals surface area contributed by atoms with E-state index in [2.05, 4.69) is 0 Å². The predicted octanol–water partition coefficient (Wildman–Crippen LogP) is -0.541. The second kappa shape index (κ2) is 6.95. The number of rotatable bonds is 7. The number of hydrogen-bond donors (Lipinski definition) is 5. The molecule has 0 rings (SSSR count). The van der Waals surface area contributed by atoms with Crippen molar-refractivity contribution in [2.24, 2.45) is 11.7 Å². The fourth-order valence-electron chi connectivity index (χ4n) is 1.34. The number of hydrogen-bond acceptors (Lipinski definition) is 4. The van der Waals surface area contributed by atoms with E-state index in [-0.39, 0.29) is 5.92 Å². The average molecular weight is 318 g/mol. The molecule has 114 valence electrons. The zero-order valence-corrected chi connectivity index (χ0v) is 12.5. The van der Waals surface area contributed by atoms with Crippen molar-refractivity contribution in [2.45, 2.75) is 26.3 Å². The molecule has 1 amide bonds. The Bertz CT molecular complexity index is 380. The first-order valence-corrected chi connectivity index (χ1v) is 9.10. The second-order valence-electron chi connectivity index (χ2n) is 4.40. The monoisotopic (exact) mass is 318 g/mol. The van der Waals surface area contributed by atoms with Crippen LogP contribution < -0.4 is 5.73 Å². The Morgan fingerprint density at radius 3 is 1.79 bits per heavy atom. The van der Waals surface area contributed by atoms with Crippen LogP contribution >= 0.6 is 15.2 Å². The van der Waals surface area contributed by atoms with Gasteiger partial charge in [0, 0.05) is 0 Å². The maximum absolute atomic E-state index is 11.9. The molecule has 0 heterocycles. The largest absolute Gasteiger partial charge is 0.344 e. The van der Waals surface area contributed by atoms with Crippen LogP contribution in [-0.2, 0) is 13.9 Å². The number of nitrogens with zero attached hydrogens (tertiary/aromatic N) is 1. The van der Waals surface area contributed by atoms with E-state index >= 15 is 0 Å². The summed E-state index contributed by atoms with van der Waals surface area (Å²) in [5.74, 6) is -1.16. The Balaban J connectivity index is 5.08. The highest BCUT2D eigenvalue weighted by Crippen LogP contribution is 2.41. The van der Waals surface area contributed by atoms with E-state index in [1.165, 1.54) is 0 Å². The van der Waals surface area contributed by atoms with Crippen molar-refractivity contribution in [1.82, 2.24) is 4.90 Å². The highest BCUT2D eigenvalue weighted by Gasteiger charge is 2.33. The molecular formula is C8H20N2O7P2. The topological polar surface area (TPSA) is 161 Å². The van der Waals surface area contributed by atoms with Gasteiger partial charge in [-0.3, -0.25) is 13.9 Å². The van der Waals surface area contributed by atoms with E-state index in [4.69, 9.17) is 25.3 Å². The van der Waals surface area contributed by atoms with E-state index in [1.54, 1.807) is 13.8 Å². The van der Waals surface area contributed by atoms with Gasteiger partial charge in [0.2, 0.25) is 5.91 Å². The van der Waals surface area contributed by atoms with Crippen LogP contribution in [0.15, 0.2) is 0 Å². The van der Waals surface area contributed by atoms with Crippen LogP contribution in [-0.4, -0.2) is 49.0 Å². The quantitative estimate of drug-likeness (QED) is 0.391. The smallest absolute Gasteiger partial charge is 0.323 e. The molecule has 0 unspecified atom stereocenters. The van der Waals surface area contributed by atoms with E-state index in [0.29, 0.717) is 11.3 Å². The lowest BCUT2D eigenvalue weighted by Crippen LogP contribution is -2.47. The first-order valence-electron chi connectivity index (χ1n) is 5.51. The Morgan fingerprint density at radius 1 is 1.16 bits per heavy atom. The summed E-state index contributed by atoms with van der Waals surface area (Å²) in [6, 6.07) is -1.07. The summed E-state index contributed by atoms with van der Waals surface area (Å²) in [6.45, 7) is 3.43. The molecule has 0 saturated carbocycles. The molecule has 0 fully saturated rings. The number of carbonyl (C=O) groups excluding carboxylic acids is 1. The molecule has 6 N–H and O–H groups in total. The lowest BCUT2D eigenvalue weighted by Gasteiger charge is -2.28. The standard InChI is InChI=1S/C8H20N2O7P2/c1-3-6(2)7(9)8(11)10(4-18(12,13)14)5-19(15,16)17/h6-7H,3-5,9H2,1-2H3,(H2,12,13,14)(H2,15,16,17)/t6-,7-/m0/s1. The number of nitrogens with two attached hydrogens (primary N) is 1. The summed E-state index contributed by atoms with van der Waals surface area (Å²) in [4.78, 5) is 47.7. The summed E-state index contributed by atoms with van der Waals surface area (Å²) in [5.41, 5.74) is 5.61. The molecule has 0 aromatic carbocycles. The second-order valence-corrected chi connectivity index (χ2v) is 7.63. The molecule has 2 atom stereocenters. The summed E-state index contributed by atoms with van der Waals surface area (Å²) in [7, 11) is -9.27. The van der Waals surface area contributed by atoms with Crippen LogP contribution in [0.4, 0.5) is 0 Å². The van der Waals surface area contributed by atoms with Gasteiger partial charge in [-0.15, -0.1) is 0 Å². The van der Waals surface area contributed by atoms with Crippen molar-refractivity contribution in [3.63, 3.8) is 0 Å². The number of amides is 1. The van der Waals surface area contributed by atoms with Gasteiger partial charge in [-0.1, -0.05) is 20.3 Å². The fraction of sp³-hybridized carbons (Fsp3) is 0.875. The van der Waals surface area contributed by atoms with Gasteiger partial charge < -0.3 is 30.2 Å². The first-order chi connectivity index (χ1) is 8.37. The highest BCUT2D eigenvalue weighted by molar-refractivity contribution is 7.52. The zero-order valence-electron chi connectivity index (χ0n) is 10.7. The van der Waals surface area contributed by atoms with Crippen LogP contribution in [0, 0.1) is 5.92 Å². The molecule has 0 spiro atoms. The maximum atomic E-state index is 11.9. The van der Waals surface area contributed by atoms with Crippen molar-refractivity contribution >= 4 is 21.1 Å². The van der Waals surface area contributed by atoms with Gasteiger partial charge in [0.05, 0.1) is 6.04 Å². The van der Waals surface area contributed by atoms with Crippen LogP contribution in [0.25, 0.3) is 0 Å². The van der Waals surface area contributed by atoms with Gasteiger partial charge in [0.1, 0.15) is 12.6 Å². The van der Waals surface area contributed by atoms with Crippen LogP contribution in [0.5, 0.6) is 0 Å². The Hall–Kier alpha value is -0.270. The van der Waals surface area contributed by atoms with Gasteiger partial charge >= 0.3 is 15.2 Å². The molecule has 11 heteroatoms. The molecule has 9 nitrogen and oxygen atoms in total. The third-order valence-electron chi connectivity index (χ3n) is 2.56. The molecule has 0 saturated heterocycles. The van der Waals surface area contributed by atoms with E-state index in [9.17, 15) is 13.9 Å². The minimum atomic E-state index is -4.63. The van der Waals surface area contributed by atoms with Crippen molar-refractivity contribution in [3.05, 3.63) is 0 Å². The van der Waals surface area contributed by atoms with E-state index in [0.717, 1.165) is 0 Å². The first kappa shape index (κ1) is 18.7. The molecule has 0 aliphatic rings. The molecular weight excluding hydrogens is 298 g/mol. The predicted molar refractivity (Wildman–Crippen MR) is 68.1 cm³/mol. The zero-order chi connectivity index (χ0) is 15.4. The fourth-order valence-corrected chi connectivity index (χ4v) is 2.86. The van der Waals surface area contributed by atoms with Gasteiger partial charge in [-0.05, 0) is 5.92 Å². The van der Waals surface area contributed by atoms with Crippen molar-refractivity contribution in [2.75, 3.05) is 12.6 Å². The van der Waals surface area contributed by atoms with Crippen LogP contribution in [0.1, 0.15) is 20.3 Å². The lowest BCUT2D eigenvalue weighted by atomic mass is 9.99. The van der Waals surface area contributed by atoms with E-state index < -0.39 is 39.7 Å². The Labute approximate surface area is 111 Å². The SMILES string of the molecule is CC[C@H](C)[C@H](N)C(=O)N(CP(=O)(O)O)CP(=O)(O)O. The minimum Gasteiger partial charge on any atom is -0.323 e. The Morgan fingerprint density at radius 2 is 1.53 bits per heavy atom. The molecule has 19 heavy (non-hydrogen) atoms. The summed E-state index contributed by atoms with van der Waals surface area (Å²) in [6.07, 6.45) is -1.59. The lowest BCUT2D eigenvalue weighted by molar-refractivity contribution is -0.132. The highest BCUT2D eigenvalue weighted by atomic mass is 31.2. The molecule has 0 aliphatic heterocycles. The van der Waals surface area contributed by atoms with Crippen LogP contribution in [0.3, 0.4) is 0 Å². The van der Waals surface area contributed by atoms with E-state index in [1.807, 2.05) is 0 Å². The van der Waals surface area contributed by atoms with Gasteiger partial charge in [0.25, 0.3) is 0 Å². The summed E-state index contributed by atoms with van der Waals surface area (Å²) >= 11 is 0. The summed E-state index contributed by atoms with van der Waals surface area (Å²) in [5, 5.41) is 0. The molecule has 0 radical (unpaired) electrons. The molecule has 0 bridgehead atoms. The molecule has 0 aromatic heterocycles. The normalized spacial score (nSPS) is 15.9. The number of carbonyl (C=O) groups is 1. The molecule has 0 aromatic rings. The van der Waals surface area contributed by atoms with Crippen molar-refractivity contribution in [1.29, 1.82) is 0 Å². The van der Waals surface area contributed by atoms with Gasteiger partial charge in [-0.2, -0.15) is 0 Å². The van der Waals surface area contributed by atoms with Gasteiger partial charge in [0.15, 0.2) is 0 Å². The molecule has 0 aliphatic carbocycles.